The van der Waals surface area contributed by atoms with Crippen LogP contribution in [0.2, 0.25) is 0 Å². The summed E-state index contributed by atoms with van der Waals surface area (Å²) >= 11 is 0. The summed E-state index contributed by atoms with van der Waals surface area (Å²) in [6.45, 7) is 1.17. The average Bonchev–Trinajstić information content (AvgIpc) is 2.23. The van der Waals surface area contributed by atoms with E-state index in [0.717, 1.165) is 6.42 Å². The largest absolute Gasteiger partial charge is 0.480 e. The maximum absolute atomic E-state index is 11.2. The van der Waals surface area contributed by atoms with Crippen molar-refractivity contribution in [1.29, 1.82) is 0 Å². The van der Waals surface area contributed by atoms with Gasteiger partial charge in [-0.15, -0.1) is 0 Å². The monoisotopic (exact) mass is 231 g/mol. The highest BCUT2D eigenvalue weighted by Crippen LogP contribution is 1.92. The Balaban J connectivity index is 3.74. The third-order valence-electron chi connectivity index (χ3n) is 1.80. The minimum absolute atomic E-state index is 0.260. The number of hydrogen-bond donors (Lipinski definition) is 4. The molecule has 0 spiro atoms. The summed E-state index contributed by atoms with van der Waals surface area (Å²) in [5, 5.41) is 12.7. The Morgan fingerprint density at radius 2 is 1.88 bits per heavy atom. The fraction of sp³-hybridized carbons (Fsp3) is 0.667. The molecule has 7 heteroatoms. The average molecular weight is 231 g/mol. The lowest BCUT2D eigenvalue weighted by Crippen LogP contribution is -2.45. The van der Waals surface area contributed by atoms with Crippen molar-refractivity contribution >= 4 is 17.8 Å². The van der Waals surface area contributed by atoms with Gasteiger partial charge in [0.2, 0.25) is 11.8 Å². The van der Waals surface area contributed by atoms with Crippen molar-refractivity contribution in [2.45, 2.75) is 25.8 Å². The van der Waals surface area contributed by atoms with E-state index in [1.54, 1.807) is 0 Å². The van der Waals surface area contributed by atoms with E-state index < -0.39 is 30.4 Å². The Bertz CT molecular complexity index is 267. The maximum Gasteiger partial charge on any atom is 0.322 e. The Kier molecular flexibility index (Phi) is 6.86. The molecule has 5 N–H and O–H groups in total. The van der Waals surface area contributed by atoms with Crippen molar-refractivity contribution < 1.29 is 19.5 Å². The molecule has 0 saturated heterocycles. The summed E-state index contributed by atoms with van der Waals surface area (Å²) in [7, 11) is 0. The molecule has 0 aromatic carbocycles. The van der Waals surface area contributed by atoms with Gasteiger partial charge in [0, 0.05) is 0 Å². The van der Waals surface area contributed by atoms with Gasteiger partial charge in [-0.1, -0.05) is 13.3 Å². The minimum atomic E-state index is -1.14. The van der Waals surface area contributed by atoms with Crippen LogP contribution in [0, 0.1) is 0 Å². The predicted molar refractivity (Wildman–Crippen MR) is 56.5 cm³/mol. The van der Waals surface area contributed by atoms with E-state index in [4.69, 9.17) is 10.8 Å². The minimum Gasteiger partial charge on any atom is -0.480 e. The van der Waals surface area contributed by atoms with Gasteiger partial charge in [-0.2, -0.15) is 0 Å². The second kappa shape index (κ2) is 7.63. The van der Waals surface area contributed by atoms with Crippen LogP contribution >= 0.6 is 0 Å². The highest BCUT2D eigenvalue weighted by molar-refractivity contribution is 5.88. The molecule has 0 rings (SSSR count). The van der Waals surface area contributed by atoms with E-state index in [2.05, 4.69) is 10.6 Å². The summed E-state index contributed by atoms with van der Waals surface area (Å²) in [5.41, 5.74) is 5.50. The van der Waals surface area contributed by atoms with Crippen LogP contribution in [0.15, 0.2) is 0 Å². The van der Waals surface area contributed by atoms with E-state index in [9.17, 15) is 14.4 Å². The molecule has 2 amide bonds. The second-order valence-electron chi connectivity index (χ2n) is 3.28. The van der Waals surface area contributed by atoms with Gasteiger partial charge in [0.15, 0.2) is 0 Å². The highest BCUT2D eigenvalue weighted by atomic mass is 16.4. The normalized spacial score (nSPS) is 11.6. The summed E-state index contributed by atoms with van der Waals surface area (Å²) in [6.07, 6.45) is 1.32. The van der Waals surface area contributed by atoms with Crippen LogP contribution in [0.1, 0.15) is 19.8 Å². The van der Waals surface area contributed by atoms with E-state index in [1.165, 1.54) is 0 Å². The van der Waals surface area contributed by atoms with Crippen LogP contribution in [0.4, 0.5) is 0 Å². The number of nitrogens with two attached hydrogens (primary N) is 1. The number of nitrogens with one attached hydrogen (secondary N) is 2. The van der Waals surface area contributed by atoms with Crippen LogP contribution < -0.4 is 16.4 Å². The molecule has 0 saturated carbocycles. The zero-order valence-electron chi connectivity index (χ0n) is 9.16. The molecule has 0 aliphatic rings. The quantitative estimate of drug-likeness (QED) is 0.422. The standard InChI is InChI=1S/C9H17N3O4/c1-2-3-6(10)9(16)12-4-7(13)11-5-8(14)15/h6H,2-5,10H2,1H3,(H,11,13)(H,12,16)(H,14,15). The Morgan fingerprint density at radius 3 is 2.38 bits per heavy atom. The summed E-state index contributed by atoms with van der Waals surface area (Å²) < 4.78 is 0. The third-order valence-corrected chi connectivity index (χ3v) is 1.80. The van der Waals surface area contributed by atoms with Gasteiger partial charge in [0.1, 0.15) is 6.54 Å². The summed E-state index contributed by atoms with van der Waals surface area (Å²) in [6, 6.07) is -0.628. The Hall–Kier alpha value is -1.63. The smallest absolute Gasteiger partial charge is 0.322 e. The van der Waals surface area contributed by atoms with Crippen molar-refractivity contribution in [3.63, 3.8) is 0 Å². The number of aliphatic carboxylic acids is 1. The topological polar surface area (TPSA) is 122 Å². The number of rotatable bonds is 7. The third kappa shape index (κ3) is 6.77. The second-order valence-corrected chi connectivity index (χ2v) is 3.28. The van der Waals surface area contributed by atoms with E-state index >= 15 is 0 Å². The lowest BCUT2D eigenvalue weighted by molar-refractivity contribution is -0.137. The molecular weight excluding hydrogens is 214 g/mol. The Labute approximate surface area is 93.4 Å². The van der Waals surface area contributed by atoms with Gasteiger partial charge >= 0.3 is 5.97 Å². The van der Waals surface area contributed by atoms with Gasteiger partial charge in [-0.05, 0) is 6.42 Å². The van der Waals surface area contributed by atoms with Crippen LogP contribution in [0.25, 0.3) is 0 Å². The van der Waals surface area contributed by atoms with Crippen LogP contribution in [-0.4, -0.2) is 42.0 Å². The number of carboxylic acids is 1. The molecule has 7 nitrogen and oxygen atoms in total. The predicted octanol–water partition coefficient (Wildman–Crippen LogP) is -1.57. The van der Waals surface area contributed by atoms with Gasteiger partial charge in [0.25, 0.3) is 0 Å². The zero-order chi connectivity index (χ0) is 12.6. The van der Waals surface area contributed by atoms with E-state index in [0.29, 0.717) is 6.42 Å². The van der Waals surface area contributed by atoms with Crippen LogP contribution in [0.3, 0.4) is 0 Å². The van der Waals surface area contributed by atoms with Gasteiger partial charge < -0.3 is 21.5 Å². The van der Waals surface area contributed by atoms with Gasteiger partial charge in [0.05, 0.1) is 12.6 Å². The summed E-state index contributed by atoms with van der Waals surface area (Å²) in [5.74, 6) is -2.10. The number of amides is 2. The maximum atomic E-state index is 11.2. The molecule has 16 heavy (non-hydrogen) atoms. The molecule has 0 radical (unpaired) electrons. The van der Waals surface area contributed by atoms with E-state index in [1.807, 2.05) is 6.92 Å². The molecule has 0 heterocycles. The fourth-order valence-corrected chi connectivity index (χ4v) is 0.977. The van der Waals surface area contributed by atoms with Crippen LogP contribution in [0.5, 0.6) is 0 Å². The molecule has 0 aliphatic heterocycles. The molecule has 92 valence electrons. The van der Waals surface area contributed by atoms with Crippen molar-refractivity contribution in [3.8, 4) is 0 Å². The first kappa shape index (κ1) is 14.4. The lowest BCUT2D eigenvalue weighted by Gasteiger charge is -2.10. The van der Waals surface area contributed by atoms with Crippen molar-refractivity contribution in [3.05, 3.63) is 0 Å². The first-order valence-corrected chi connectivity index (χ1v) is 4.99. The van der Waals surface area contributed by atoms with E-state index in [-0.39, 0.29) is 6.54 Å². The molecule has 0 fully saturated rings. The molecule has 0 bridgehead atoms. The molecule has 0 aliphatic carbocycles. The van der Waals surface area contributed by atoms with Gasteiger partial charge in [-0.3, -0.25) is 14.4 Å². The molecule has 0 aromatic heterocycles. The molecule has 1 unspecified atom stereocenters. The van der Waals surface area contributed by atoms with Crippen molar-refractivity contribution in [2.75, 3.05) is 13.1 Å². The number of carboxylic acid groups (broad SMARTS) is 1. The molecule has 0 aromatic rings. The van der Waals surface area contributed by atoms with Crippen LogP contribution in [-0.2, 0) is 14.4 Å². The molecular formula is C9H17N3O4. The number of carbonyl (C=O) groups excluding carboxylic acids is 2. The SMILES string of the molecule is CCCC(N)C(=O)NCC(=O)NCC(=O)O. The number of carbonyl (C=O) groups is 3. The van der Waals surface area contributed by atoms with Crippen molar-refractivity contribution in [1.82, 2.24) is 10.6 Å². The fourth-order valence-electron chi connectivity index (χ4n) is 0.977. The first-order valence-electron chi connectivity index (χ1n) is 4.99. The Morgan fingerprint density at radius 1 is 1.25 bits per heavy atom. The summed E-state index contributed by atoms with van der Waals surface area (Å²) in [4.78, 5) is 32.4. The zero-order valence-corrected chi connectivity index (χ0v) is 9.16. The lowest BCUT2D eigenvalue weighted by atomic mass is 10.2. The highest BCUT2D eigenvalue weighted by Gasteiger charge is 2.13. The molecule has 1 atom stereocenters. The number of hydrogen-bond acceptors (Lipinski definition) is 4. The van der Waals surface area contributed by atoms with Gasteiger partial charge in [-0.25, -0.2) is 0 Å². The first-order chi connectivity index (χ1) is 7.47. The van der Waals surface area contributed by atoms with Crippen molar-refractivity contribution in [2.24, 2.45) is 5.73 Å².